The first-order valence-electron chi connectivity index (χ1n) is 8.55. The van der Waals surface area contributed by atoms with Crippen LogP contribution in [0.25, 0.3) is 0 Å². The molecule has 2 N–H and O–H groups in total. The van der Waals surface area contributed by atoms with Crippen LogP contribution in [0.4, 0.5) is 0 Å². The molecule has 0 spiro atoms. The fraction of sp³-hybridized carbons (Fsp3) is 0.316. The lowest BCUT2D eigenvalue weighted by atomic mass is 10.1. The van der Waals surface area contributed by atoms with Crippen molar-refractivity contribution >= 4 is 27.5 Å². The molecule has 8 heteroatoms. The topological polar surface area (TPSA) is 84.5 Å². The number of benzene rings is 2. The van der Waals surface area contributed by atoms with Crippen LogP contribution in [0, 0.1) is 0 Å². The van der Waals surface area contributed by atoms with Crippen molar-refractivity contribution in [1.82, 2.24) is 10.0 Å². The number of sulfonamides is 1. The summed E-state index contributed by atoms with van der Waals surface area (Å²) in [4.78, 5) is 12.5. The lowest BCUT2D eigenvalue weighted by Gasteiger charge is -2.19. The lowest BCUT2D eigenvalue weighted by Crippen LogP contribution is -2.48. The summed E-state index contributed by atoms with van der Waals surface area (Å²) in [7, 11) is -2.50. The zero-order chi connectivity index (χ0) is 19.9. The van der Waals surface area contributed by atoms with Crippen molar-refractivity contribution < 1.29 is 17.9 Å². The highest BCUT2D eigenvalue weighted by atomic mass is 35.5. The van der Waals surface area contributed by atoms with E-state index in [4.69, 9.17) is 16.3 Å². The zero-order valence-corrected chi connectivity index (χ0v) is 16.8. The third-order valence-electron chi connectivity index (χ3n) is 3.88. The number of hydrogen-bond donors (Lipinski definition) is 2. The summed E-state index contributed by atoms with van der Waals surface area (Å²) < 4.78 is 33.1. The number of methoxy groups -OCH3 is 1. The average Bonchev–Trinajstić information content (AvgIpc) is 2.66. The molecule has 0 heterocycles. The molecule has 0 aromatic heterocycles. The molecule has 0 saturated carbocycles. The van der Waals surface area contributed by atoms with E-state index in [2.05, 4.69) is 10.0 Å². The predicted molar refractivity (Wildman–Crippen MR) is 106 cm³/mol. The Morgan fingerprint density at radius 2 is 1.89 bits per heavy atom. The lowest BCUT2D eigenvalue weighted by molar-refractivity contribution is -0.122. The van der Waals surface area contributed by atoms with E-state index in [1.54, 1.807) is 0 Å². The van der Waals surface area contributed by atoms with Gasteiger partial charge in [0.05, 0.1) is 17.0 Å². The molecule has 0 radical (unpaired) electrons. The molecule has 0 bridgehead atoms. The summed E-state index contributed by atoms with van der Waals surface area (Å²) in [5.41, 5.74) is 0.851. The first-order chi connectivity index (χ1) is 12.9. The molecule has 0 saturated heterocycles. The summed E-state index contributed by atoms with van der Waals surface area (Å²) in [5.74, 6) is 0.000952. The van der Waals surface area contributed by atoms with Crippen LogP contribution >= 0.6 is 11.6 Å². The Balaban J connectivity index is 2.26. The summed E-state index contributed by atoms with van der Waals surface area (Å²) in [5, 5.41) is 2.92. The number of amides is 1. The van der Waals surface area contributed by atoms with Crippen LogP contribution in [0.15, 0.2) is 53.4 Å². The number of carbonyl (C=O) groups excluding carboxylic acids is 1. The van der Waals surface area contributed by atoms with E-state index in [-0.39, 0.29) is 22.2 Å². The monoisotopic (exact) mass is 410 g/mol. The second-order valence-corrected chi connectivity index (χ2v) is 8.07. The van der Waals surface area contributed by atoms with Gasteiger partial charge in [0.1, 0.15) is 11.8 Å². The Bertz CT molecular complexity index is 873. The van der Waals surface area contributed by atoms with E-state index in [0.717, 1.165) is 12.0 Å². The van der Waals surface area contributed by atoms with Gasteiger partial charge in [-0.05, 0) is 36.6 Å². The maximum atomic E-state index is 12.8. The molecule has 0 aliphatic heterocycles. The highest BCUT2D eigenvalue weighted by Gasteiger charge is 2.26. The average molecular weight is 411 g/mol. The Hall–Kier alpha value is -2.09. The molecule has 146 valence electrons. The second-order valence-electron chi connectivity index (χ2n) is 5.95. The number of rotatable bonds is 9. The van der Waals surface area contributed by atoms with Crippen molar-refractivity contribution in [2.45, 2.75) is 30.7 Å². The largest absolute Gasteiger partial charge is 0.495 e. The maximum Gasteiger partial charge on any atom is 0.241 e. The maximum absolute atomic E-state index is 12.8. The van der Waals surface area contributed by atoms with Gasteiger partial charge in [-0.3, -0.25) is 4.79 Å². The molecular formula is C19H23ClN2O4S. The molecule has 1 atom stereocenters. The van der Waals surface area contributed by atoms with Crippen LogP contribution in [0.3, 0.4) is 0 Å². The van der Waals surface area contributed by atoms with Gasteiger partial charge in [0.15, 0.2) is 0 Å². The van der Waals surface area contributed by atoms with Crippen molar-refractivity contribution in [2.75, 3.05) is 13.7 Å². The van der Waals surface area contributed by atoms with Crippen LogP contribution in [-0.4, -0.2) is 34.0 Å². The van der Waals surface area contributed by atoms with E-state index in [1.807, 2.05) is 37.3 Å². The molecule has 6 nitrogen and oxygen atoms in total. The highest BCUT2D eigenvalue weighted by molar-refractivity contribution is 7.89. The molecule has 0 fully saturated rings. The van der Waals surface area contributed by atoms with Gasteiger partial charge in [-0.15, -0.1) is 0 Å². The Labute approximate surface area is 164 Å². The molecule has 2 aromatic carbocycles. The minimum absolute atomic E-state index is 0.0327. The van der Waals surface area contributed by atoms with Crippen LogP contribution < -0.4 is 14.8 Å². The van der Waals surface area contributed by atoms with Crippen molar-refractivity contribution in [2.24, 2.45) is 0 Å². The van der Waals surface area contributed by atoms with Gasteiger partial charge >= 0.3 is 0 Å². The number of halogens is 1. The third kappa shape index (κ3) is 5.95. The first-order valence-corrected chi connectivity index (χ1v) is 10.4. The van der Waals surface area contributed by atoms with E-state index in [9.17, 15) is 13.2 Å². The van der Waals surface area contributed by atoms with Gasteiger partial charge in [-0.25, -0.2) is 8.42 Å². The Morgan fingerprint density at radius 3 is 2.48 bits per heavy atom. The van der Waals surface area contributed by atoms with Crippen LogP contribution in [0.1, 0.15) is 18.9 Å². The van der Waals surface area contributed by atoms with Gasteiger partial charge in [-0.2, -0.15) is 4.72 Å². The minimum Gasteiger partial charge on any atom is -0.495 e. The Morgan fingerprint density at radius 1 is 1.19 bits per heavy atom. The molecular weight excluding hydrogens is 388 g/mol. The minimum atomic E-state index is -3.95. The smallest absolute Gasteiger partial charge is 0.241 e. The summed E-state index contributed by atoms with van der Waals surface area (Å²) in [6.45, 7) is 2.40. The third-order valence-corrected chi connectivity index (χ3v) is 5.64. The normalized spacial score (nSPS) is 12.4. The van der Waals surface area contributed by atoms with Crippen LogP contribution in [-0.2, 0) is 21.2 Å². The molecule has 1 amide bonds. The predicted octanol–water partition coefficient (Wildman–Crippen LogP) is 2.76. The molecule has 0 aliphatic carbocycles. The van der Waals surface area contributed by atoms with Gasteiger partial charge in [0, 0.05) is 6.54 Å². The van der Waals surface area contributed by atoms with E-state index in [1.165, 1.54) is 25.3 Å². The van der Waals surface area contributed by atoms with Gasteiger partial charge in [0.25, 0.3) is 0 Å². The molecule has 0 aliphatic rings. The van der Waals surface area contributed by atoms with Crippen LogP contribution in [0.2, 0.25) is 5.02 Å². The number of nitrogens with one attached hydrogen (secondary N) is 2. The van der Waals surface area contributed by atoms with Crippen molar-refractivity contribution in [3.63, 3.8) is 0 Å². The quantitative estimate of drug-likeness (QED) is 0.665. The Kier molecular flexibility index (Phi) is 7.65. The number of hydrogen-bond acceptors (Lipinski definition) is 4. The molecule has 2 aromatic rings. The standard InChI is InChI=1S/C19H23ClN2O4S/c1-3-11-21-19(23)17(12-14-7-5-4-6-8-14)22-27(24,25)15-9-10-18(26-2)16(20)13-15/h4-10,13,17,22H,3,11-12H2,1-2H3,(H,21,23)/t17-/m0/s1. The number of ether oxygens (including phenoxy) is 1. The zero-order valence-electron chi connectivity index (χ0n) is 15.2. The molecule has 27 heavy (non-hydrogen) atoms. The van der Waals surface area contributed by atoms with Crippen LogP contribution in [0.5, 0.6) is 5.75 Å². The molecule has 2 rings (SSSR count). The number of carbonyl (C=O) groups is 1. The van der Waals surface area contributed by atoms with Gasteiger partial charge in [-0.1, -0.05) is 48.9 Å². The van der Waals surface area contributed by atoms with Gasteiger partial charge < -0.3 is 10.1 Å². The highest BCUT2D eigenvalue weighted by Crippen LogP contribution is 2.27. The van der Waals surface area contributed by atoms with Crippen molar-refractivity contribution in [3.05, 3.63) is 59.1 Å². The van der Waals surface area contributed by atoms with Crippen molar-refractivity contribution in [1.29, 1.82) is 0 Å². The van der Waals surface area contributed by atoms with Gasteiger partial charge in [0.2, 0.25) is 15.9 Å². The fourth-order valence-corrected chi connectivity index (χ4v) is 4.02. The van der Waals surface area contributed by atoms with E-state index in [0.29, 0.717) is 12.3 Å². The van der Waals surface area contributed by atoms with Crippen molar-refractivity contribution in [3.8, 4) is 5.75 Å². The summed E-state index contributed by atoms with van der Waals surface area (Å²) >= 11 is 6.04. The molecule has 0 unspecified atom stereocenters. The first kappa shape index (κ1) is 21.2. The van der Waals surface area contributed by atoms with E-state index >= 15 is 0 Å². The second kappa shape index (κ2) is 9.73. The fourth-order valence-electron chi connectivity index (χ4n) is 2.48. The van der Waals surface area contributed by atoms with E-state index < -0.39 is 16.1 Å². The SMILES string of the molecule is CCCNC(=O)[C@H](Cc1ccccc1)NS(=O)(=O)c1ccc(OC)c(Cl)c1. The summed E-state index contributed by atoms with van der Waals surface area (Å²) in [6, 6.07) is 12.5. The summed E-state index contributed by atoms with van der Waals surface area (Å²) in [6.07, 6.45) is 0.990.